The van der Waals surface area contributed by atoms with E-state index in [-0.39, 0.29) is 24.3 Å². The second kappa shape index (κ2) is 7.28. The average Bonchev–Trinajstić information content (AvgIpc) is 2.97. The summed E-state index contributed by atoms with van der Waals surface area (Å²) in [4.78, 5) is 2.40. The van der Waals surface area contributed by atoms with Crippen LogP contribution in [0.1, 0.15) is 37.7 Å². The van der Waals surface area contributed by atoms with Gasteiger partial charge in [-0.2, -0.15) is 5.26 Å². The first-order valence-electron chi connectivity index (χ1n) is 10.1. The maximum Gasteiger partial charge on any atom is 0.213 e. The van der Waals surface area contributed by atoms with Gasteiger partial charge in [0, 0.05) is 42.6 Å². The molecule has 4 rings (SSSR count). The van der Waals surface area contributed by atoms with Crippen molar-refractivity contribution in [1.29, 1.82) is 5.26 Å². The van der Waals surface area contributed by atoms with Crippen LogP contribution in [0.15, 0.2) is 36.4 Å². The molecule has 2 bridgehead atoms. The minimum absolute atomic E-state index is 0.0320. The predicted molar refractivity (Wildman–Crippen MR) is 114 cm³/mol. The van der Waals surface area contributed by atoms with Crippen molar-refractivity contribution in [2.45, 2.75) is 49.8 Å². The van der Waals surface area contributed by atoms with E-state index < -0.39 is 15.6 Å². The fourth-order valence-electron chi connectivity index (χ4n) is 5.03. The molecule has 0 spiro atoms. The molecule has 2 aromatic carbocycles. The van der Waals surface area contributed by atoms with Crippen LogP contribution in [0.25, 0.3) is 10.8 Å². The van der Waals surface area contributed by atoms with Crippen LogP contribution in [0.4, 0.5) is 5.69 Å². The van der Waals surface area contributed by atoms with E-state index in [1.54, 1.807) is 0 Å². The van der Waals surface area contributed by atoms with Crippen LogP contribution in [0, 0.1) is 11.3 Å². The van der Waals surface area contributed by atoms with Gasteiger partial charge in [-0.1, -0.05) is 24.3 Å². The number of sulfonamides is 1. The van der Waals surface area contributed by atoms with Crippen molar-refractivity contribution in [1.82, 2.24) is 4.31 Å². The van der Waals surface area contributed by atoms with E-state index in [1.165, 1.54) is 18.4 Å². The Balaban J connectivity index is 1.61. The van der Waals surface area contributed by atoms with Gasteiger partial charge in [0.25, 0.3) is 0 Å². The molecule has 2 heterocycles. The summed E-state index contributed by atoms with van der Waals surface area (Å²) in [5, 5.41) is 22.6. The highest BCUT2D eigenvalue weighted by Crippen LogP contribution is 2.46. The molecule has 2 aliphatic heterocycles. The fourth-order valence-corrected chi connectivity index (χ4v) is 6.03. The molecule has 29 heavy (non-hydrogen) atoms. The van der Waals surface area contributed by atoms with Gasteiger partial charge in [0.1, 0.15) is 0 Å². The monoisotopic (exact) mass is 413 g/mol. The summed E-state index contributed by atoms with van der Waals surface area (Å²) in [5.74, 6) is -0.0320. The van der Waals surface area contributed by atoms with Crippen molar-refractivity contribution in [3.8, 4) is 6.07 Å². The lowest BCUT2D eigenvalue weighted by Gasteiger charge is -2.45. The van der Waals surface area contributed by atoms with Crippen molar-refractivity contribution >= 4 is 26.5 Å². The van der Waals surface area contributed by atoms with Crippen LogP contribution in [-0.4, -0.2) is 55.4 Å². The molecule has 2 saturated heterocycles. The first-order chi connectivity index (χ1) is 13.7. The SMILES string of the molecule is CN(C)S(=O)(=O)CCC1(O)C[C@H]2CC[C@@H](C1)N2c1ccc(C#N)c2ccccc12. The number of anilines is 1. The molecule has 0 saturated carbocycles. The Morgan fingerprint density at radius 1 is 1.14 bits per heavy atom. The number of benzene rings is 2. The molecular formula is C22H27N3O3S. The largest absolute Gasteiger partial charge is 0.390 e. The van der Waals surface area contributed by atoms with Gasteiger partial charge >= 0.3 is 0 Å². The minimum atomic E-state index is -3.32. The summed E-state index contributed by atoms with van der Waals surface area (Å²) in [6.07, 6.45) is 3.38. The Kier molecular flexibility index (Phi) is 5.06. The van der Waals surface area contributed by atoms with Crippen molar-refractivity contribution in [2.75, 3.05) is 24.7 Å². The molecule has 0 aliphatic carbocycles. The summed E-state index contributed by atoms with van der Waals surface area (Å²) < 4.78 is 25.6. The standard InChI is InChI=1S/C22H27N3O3S/c1-24(2)29(27,28)12-11-22(26)13-17-8-9-18(14-22)25(17)21-10-7-16(15-23)19-5-3-4-6-20(19)21/h3-7,10,17-18,26H,8-9,11-14H2,1-2H3/t17-,18+,22?. The number of nitriles is 1. The molecule has 6 nitrogen and oxygen atoms in total. The molecule has 7 heteroatoms. The molecule has 2 aromatic rings. The number of rotatable bonds is 5. The van der Waals surface area contributed by atoms with Gasteiger partial charge in [0.15, 0.2) is 0 Å². The smallest absolute Gasteiger partial charge is 0.213 e. The third-order valence-corrected chi connectivity index (χ3v) is 8.37. The Labute approximate surface area is 172 Å². The van der Waals surface area contributed by atoms with Gasteiger partial charge in [-0.25, -0.2) is 12.7 Å². The summed E-state index contributed by atoms with van der Waals surface area (Å²) in [5.41, 5.74) is 0.822. The van der Waals surface area contributed by atoms with Gasteiger partial charge in [0.05, 0.1) is 23.0 Å². The van der Waals surface area contributed by atoms with Crippen LogP contribution < -0.4 is 4.90 Å². The molecule has 0 aromatic heterocycles. The molecule has 2 fully saturated rings. The van der Waals surface area contributed by atoms with Crippen LogP contribution >= 0.6 is 0 Å². The Morgan fingerprint density at radius 2 is 1.76 bits per heavy atom. The zero-order valence-corrected chi connectivity index (χ0v) is 17.7. The Morgan fingerprint density at radius 3 is 2.34 bits per heavy atom. The third kappa shape index (κ3) is 3.61. The molecule has 0 radical (unpaired) electrons. The lowest BCUT2D eigenvalue weighted by atomic mass is 9.83. The molecule has 2 aliphatic rings. The van der Waals surface area contributed by atoms with Crippen LogP contribution in [0.5, 0.6) is 0 Å². The van der Waals surface area contributed by atoms with E-state index in [9.17, 15) is 18.8 Å². The molecule has 0 amide bonds. The highest BCUT2D eigenvalue weighted by atomic mass is 32.2. The predicted octanol–water partition coefficient (Wildman–Crippen LogP) is 2.86. The molecule has 1 N–H and O–H groups in total. The lowest BCUT2D eigenvalue weighted by molar-refractivity contribution is -0.00104. The van der Waals surface area contributed by atoms with E-state index in [2.05, 4.69) is 17.0 Å². The van der Waals surface area contributed by atoms with Gasteiger partial charge in [-0.3, -0.25) is 0 Å². The first kappa shape index (κ1) is 20.1. The molecule has 3 atom stereocenters. The van der Waals surface area contributed by atoms with Gasteiger partial charge in [0.2, 0.25) is 10.0 Å². The van der Waals surface area contributed by atoms with E-state index in [1.807, 2.05) is 30.3 Å². The molecule has 1 unspecified atom stereocenters. The minimum Gasteiger partial charge on any atom is -0.390 e. The van der Waals surface area contributed by atoms with Crippen LogP contribution in [-0.2, 0) is 10.0 Å². The van der Waals surface area contributed by atoms with Crippen LogP contribution in [0.2, 0.25) is 0 Å². The zero-order chi connectivity index (χ0) is 20.8. The van der Waals surface area contributed by atoms with Crippen LogP contribution in [0.3, 0.4) is 0 Å². The fraction of sp³-hybridized carbons (Fsp3) is 0.500. The van der Waals surface area contributed by atoms with Crippen molar-refractivity contribution in [2.24, 2.45) is 0 Å². The Bertz CT molecular complexity index is 1060. The Hall–Kier alpha value is -2.14. The summed E-state index contributed by atoms with van der Waals surface area (Å²) in [6, 6.07) is 14.5. The van der Waals surface area contributed by atoms with E-state index in [0.717, 1.165) is 29.3 Å². The number of aliphatic hydroxyl groups is 1. The van der Waals surface area contributed by atoms with Gasteiger partial charge in [-0.15, -0.1) is 0 Å². The third-order valence-electron chi connectivity index (χ3n) is 6.53. The first-order valence-corrected chi connectivity index (χ1v) is 11.7. The van der Waals surface area contributed by atoms with Gasteiger partial charge in [-0.05, 0) is 44.2 Å². The van der Waals surface area contributed by atoms with E-state index in [0.29, 0.717) is 18.4 Å². The second-order valence-corrected chi connectivity index (χ2v) is 10.9. The molecular weight excluding hydrogens is 386 g/mol. The van der Waals surface area contributed by atoms with Crippen molar-refractivity contribution in [3.05, 3.63) is 42.0 Å². The van der Waals surface area contributed by atoms with Crippen molar-refractivity contribution < 1.29 is 13.5 Å². The summed E-state index contributed by atoms with van der Waals surface area (Å²) >= 11 is 0. The summed E-state index contributed by atoms with van der Waals surface area (Å²) in [7, 11) is -0.264. The zero-order valence-electron chi connectivity index (χ0n) is 16.9. The summed E-state index contributed by atoms with van der Waals surface area (Å²) in [6.45, 7) is 0. The maximum absolute atomic E-state index is 12.2. The highest BCUT2D eigenvalue weighted by molar-refractivity contribution is 7.89. The van der Waals surface area contributed by atoms with Gasteiger partial charge < -0.3 is 10.0 Å². The highest BCUT2D eigenvalue weighted by Gasteiger charge is 2.48. The maximum atomic E-state index is 12.2. The normalized spacial score (nSPS) is 26.8. The number of nitrogens with zero attached hydrogens (tertiary/aromatic N) is 3. The van der Waals surface area contributed by atoms with E-state index in [4.69, 9.17) is 0 Å². The van der Waals surface area contributed by atoms with Crippen molar-refractivity contribution in [3.63, 3.8) is 0 Å². The number of hydrogen-bond acceptors (Lipinski definition) is 5. The number of piperidine rings is 1. The number of hydrogen-bond donors (Lipinski definition) is 1. The second-order valence-electron chi connectivity index (χ2n) is 8.56. The number of fused-ring (bicyclic) bond motifs is 3. The topological polar surface area (TPSA) is 84.6 Å². The van der Waals surface area contributed by atoms with E-state index >= 15 is 0 Å². The molecule has 154 valence electrons. The lowest BCUT2D eigenvalue weighted by Crippen LogP contribution is -2.52. The quantitative estimate of drug-likeness (QED) is 0.815. The average molecular weight is 414 g/mol.